The van der Waals surface area contributed by atoms with Crippen molar-refractivity contribution >= 4 is 12.6 Å². The van der Waals surface area contributed by atoms with Crippen molar-refractivity contribution in [2.45, 2.75) is 31.2 Å². The summed E-state index contributed by atoms with van der Waals surface area (Å²) in [5.41, 5.74) is 0. The Morgan fingerprint density at radius 2 is 2.00 bits per heavy atom. The number of rotatable bonds is 3. The Morgan fingerprint density at radius 1 is 1.56 bits per heavy atom. The van der Waals surface area contributed by atoms with Crippen molar-refractivity contribution in [2.75, 3.05) is 0 Å². The van der Waals surface area contributed by atoms with Gasteiger partial charge in [-0.15, -0.1) is 0 Å². The molecular weight excluding hydrogens is 149 g/mol. The van der Waals surface area contributed by atoms with E-state index in [4.69, 9.17) is 0 Å². The molecule has 0 saturated carbocycles. The fraction of sp³-hybridized carbons (Fsp3) is 1.00. The average Bonchev–Trinajstić information content (AvgIpc) is 1.64. The second-order valence-electron chi connectivity index (χ2n) is 1.82. The molecule has 0 nitrogen and oxygen atoms in total. The van der Waals surface area contributed by atoms with Gasteiger partial charge in [-0.1, -0.05) is 13.3 Å². The SMILES string of the molecule is CCCC(F)C(F)(F)[S]. The summed E-state index contributed by atoms with van der Waals surface area (Å²) in [5, 5.41) is -3.57. The lowest BCUT2D eigenvalue weighted by Crippen LogP contribution is -2.22. The third-order valence-electron chi connectivity index (χ3n) is 0.907. The van der Waals surface area contributed by atoms with Gasteiger partial charge in [0.05, 0.1) is 0 Å². The smallest absolute Gasteiger partial charge is 0.240 e. The van der Waals surface area contributed by atoms with E-state index in [9.17, 15) is 13.2 Å². The van der Waals surface area contributed by atoms with Gasteiger partial charge in [-0.25, -0.2) is 4.39 Å². The maximum absolute atomic E-state index is 12.1. The molecule has 0 aliphatic carbocycles. The van der Waals surface area contributed by atoms with E-state index in [1.54, 1.807) is 6.92 Å². The number of hydrogen-bond donors (Lipinski definition) is 0. The molecule has 0 heterocycles. The largest absolute Gasteiger partial charge is 0.334 e. The van der Waals surface area contributed by atoms with E-state index in [-0.39, 0.29) is 6.42 Å². The first-order valence-corrected chi connectivity index (χ1v) is 3.11. The van der Waals surface area contributed by atoms with Crippen LogP contribution in [0.15, 0.2) is 0 Å². The van der Waals surface area contributed by atoms with Gasteiger partial charge < -0.3 is 0 Å². The molecule has 9 heavy (non-hydrogen) atoms. The van der Waals surface area contributed by atoms with Crippen LogP contribution in [0.5, 0.6) is 0 Å². The van der Waals surface area contributed by atoms with Gasteiger partial charge in [-0.2, -0.15) is 8.78 Å². The maximum Gasteiger partial charge on any atom is 0.334 e. The predicted octanol–water partition coefficient (Wildman–Crippen LogP) is 2.91. The summed E-state index contributed by atoms with van der Waals surface area (Å²) >= 11 is 3.56. The van der Waals surface area contributed by atoms with Crippen LogP contribution in [-0.4, -0.2) is 11.4 Å². The standard InChI is InChI=1S/C5H8F3S/c1-2-3-4(6)5(7,8)9/h4H,2-3H2,1H3. The lowest BCUT2D eigenvalue weighted by Gasteiger charge is -2.11. The molecule has 0 aliphatic rings. The molecule has 0 spiro atoms. The van der Waals surface area contributed by atoms with Crippen LogP contribution in [0.4, 0.5) is 13.2 Å². The Bertz CT molecular complexity index is 78.8. The fourth-order valence-electron chi connectivity index (χ4n) is 0.421. The number of halogens is 3. The molecule has 1 unspecified atom stereocenters. The highest BCUT2D eigenvalue weighted by atomic mass is 32.1. The summed E-state index contributed by atoms with van der Waals surface area (Å²) in [5.74, 6) is 0. The summed E-state index contributed by atoms with van der Waals surface area (Å²) in [6.07, 6.45) is -1.92. The van der Waals surface area contributed by atoms with Crippen molar-refractivity contribution < 1.29 is 13.2 Å². The Kier molecular flexibility index (Phi) is 3.40. The molecule has 0 bridgehead atoms. The van der Waals surface area contributed by atoms with Gasteiger partial charge >= 0.3 is 5.25 Å². The topological polar surface area (TPSA) is 0 Å². The van der Waals surface area contributed by atoms with Crippen molar-refractivity contribution in [1.29, 1.82) is 0 Å². The average molecular weight is 157 g/mol. The molecule has 4 heteroatoms. The highest BCUT2D eigenvalue weighted by molar-refractivity contribution is 7.81. The molecule has 0 amide bonds. The first-order chi connectivity index (χ1) is 3.98. The van der Waals surface area contributed by atoms with Gasteiger partial charge in [0.15, 0.2) is 6.17 Å². The Balaban J connectivity index is 3.59. The van der Waals surface area contributed by atoms with E-state index in [0.29, 0.717) is 6.42 Å². The molecule has 1 atom stereocenters. The Labute approximate surface area is 57.9 Å². The van der Waals surface area contributed by atoms with Crippen LogP contribution in [0, 0.1) is 0 Å². The minimum atomic E-state index is -3.57. The molecule has 0 rings (SSSR count). The van der Waals surface area contributed by atoms with E-state index < -0.39 is 11.4 Å². The zero-order valence-electron chi connectivity index (χ0n) is 5.03. The summed E-state index contributed by atoms with van der Waals surface area (Å²) in [6.45, 7) is 1.63. The van der Waals surface area contributed by atoms with Crippen molar-refractivity contribution in [3.63, 3.8) is 0 Å². The van der Waals surface area contributed by atoms with Crippen LogP contribution in [0.2, 0.25) is 0 Å². The van der Waals surface area contributed by atoms with Crippen LogP contribution in [0.3, 0.4) is 0 Å². The molecule has 1 radical (unpaired) electrons. The lowest BCUT2D eigenvalue weighted by molar-refractivity contribution is 0.0127. The molecule has 0 saturated heterocycles. The third-order valence-corrected chi connectivity index (χ3v) is 1.16. The molecule has 0 aromatic carbocycles. The highest BCUT2D eigenvalue weighted by Crippen LogP contribution is 2.28. The summed E-state index contributed by atoms with van der Waals surface area (Å²) in [7, 11) is 0. The minimum absolute atomic E-state index is 0.156. The van der Waals surface area contributed by atoms with E-state index >= 15 is 0 Å². The first-order valence-electron chi connectivity index (χ1n) is 2.70. The van der Waals surface area contributed by atoms with Crippen LogP contribution in [0.1, 0.15) is 19.8 Å². The Morgan fingerprint density at radius 3 is 2.11 bits per heavy atom. The molecule has 0 fully saturated rings. The molecule has 0 aromatic rings. The van der Waals surface area contributed by atoms with Crippen LogP contribution < -0.4 is 0 Å². The molecular formula is C5H8F3S. The zero-order chi connectivity index (χ0) is 7.49. The Hall–Kier alpha value is 0.140. The van der Waals surface area contributed by atoms with E-state index in [1.807, 2.05) is 0 Å². The van der Waals surface area contributed by atoms with Gasteiger partial charge in [0.25, 0.3) is 0 Å². The van der Waals surface area contributed by atoms with Gasteiger partial charge in [-0.3, -0.25) is 0 Å². The third kappa shape index (κ3) is 3.67. The highest BCUT2D eigenvalue weighted by Gasteiger charge is 2.35. The van der Waals surface area contributed by atoms with Gasteiger partial charge in [0.2, 0.25) is 0 Å². The van der Waals surface area contributed by atoms with Crippen LogP contribution in [-0.2, 0) is 0 Å². The van der Waals surface area contributed by atoms with E-state index in [0.717, 1.165) is 0 Å². The van der Waals surface area contributed by atoms with Gasteiger partial charge in [-0.05, 0) is 19.0 Å². The number of hydrogen-bond acceptors (Lipinski definition) is 0. The quantitative estimate of drug-likeness (QED) is 0.590. The first kappa shape index (κ1) is 9.14. The van der Waals surface area contributed by atoms with Crippen LogP contribution >= 0.6 is 12.6 Å². The molecule has 0 aromatic heterocycles. The second-order valence-corrected chi connectivity index (χ2v) is 2.36. The van der Waals surface area contributed by atoms with Gasteiger partial charge in [0, 0.05) is 0 Å². The summed E-state index contributed by atoms with van der Waals surface area (Å²) in [4.78, 5) is 0. The number of alkyl halides is 3. The second kappa shape index (κ2) is 3.34. The lowest BCUT2D eigenvalue weighted by atomic mass is 10.2. The molecule has 55 valence electrons. The molecule has 0 N–H and O–H groups in total. The molecule has 0 aliphatic heterocycles. The van der Waals surface area contributed by atoms with Crippen molar-refractivity contribution in [1.82, 2.24) is 0 Å². The van der Waals surface area contributed by atoms with Crippen molar-refractivity contribution in [2.24, 2.45) is 0 Å². The van der Waals surface area contributed by atoms with Crippen molar-refractivity contribution in [3.05, 3.63) is 0 Å². The monoisotopic (exact) mass is 157 g/mol. The van der Waals surface area contributed by atoms with Crippen molar-refractivity contribution in [3.8, 4) is 0 Å². The summed E-state index contributed by atoms with van der Waals surface area (Å²) < 4.78 is 35.5. The zero-order valence-corrected chi connectivity index (χ0v) is 5.85. The maximum atomic E-state index is 12.1. The van der Waals surface area contributed by atoms with Gasteiger partial charge in [0.1, 0.15) is 0 Å². The van der Waals surface area contributed by atoms with E-state index in [2.05, 4.69) is 12.6 Å². The van der Waals surface area contributed by atoms with E-state index in [1.165, 1.54) is 0 Å². The minimum Gasteiger partial charge on any atom is -0.240 e. The summed E-state index contributed by atoms with van der Waals surface area (Å²) in [6, 6.07) is 0. The fourth-order valence-corrected chi connectivity index (χ4v) is 0.539. The van der Waals surface area contributed by atoms with Crippen LogP contribution in [0.25, 0.3) is 0 Å². The normalized spacial score (nSPS) is 15.7. The predicted molar refractivity (Wildman–Crippen MR) is 32.3 cm³/mol.